The van der Waals surface area contributed by atoms with E-state index in [4.69, 9.17) is 4.74 Å². The zero-order chi connectivity index (χ0) is 16.2. The lowest BCUT2D eigenvalue weighted by Gasteiger charge is -2.06. The van der Waals surface area contributed by atoms with Gasteiger partial charge in [-0.1, -0.05) is 6.07 Å². The first-order valence-electron chi connectivity index (χ1n) is 6.09. The van der Waals surface area contributed by atoms with Crippen LogP contribution in [0, 0.1) is 0 Å². The lowest BCUT2D eigenvalue weighted by atomic mass is 10.2. The van der Waals surface area contributed by atoms with Gasteiger partial charge in [-0.3, -0.25) is 4.98 Å². The summed E-state index contributed by atoms with van der Waals surface area (Å²) in [7, 11) is -4.67. The first-order chi connectivity index (χ1) is 10.4. The van der Waals surface area contributed by atoms with Gasteiger partial charge in [0.15, 0.2) is 0 Å². The number of halogens is 2. The predicted molar refractivity (Wildman–Crippen MR) is 73.0 cm³/mol. The number of carbonyl (C=O) groups excluding carboxylic acids is 1. The van der Waals surface area contributed by atoms with Gasteiger partial charge in [-0.15, -0.1) is 0 Å². The van der Waals surface area contributed by atoms with Crippen LogP contribution in [-0.2, 0) is 21.2 Å². The molecular weight excluding hydrogens is 316 g/mol. The van der Waals surface area contributed by atoms with Gasteiger partial charge in [-0.2, -0.15) is 8.78 Å². The van der Waals surface area contributed by atoms with E-state index in [0.29, 0.717) is 5.56 Å². The van der Waals surface area contributed by atoms with E-state index in [1.54, 1.807) is 18.3 Å². The van der Waals surface area contributed by atoms with Crippen LogP contribution < -0.4 is 0 Å². The molecule has 1 aromatic carbocycles. The van der Waals surface area contributed by atoms with Crippen LogP contribution >= 0.6 is 0 Å². The predicted octanol–water partition coefficient (Wildman–Crippen LogP) is 2.43. The number of carbonyl (C=O) groups is 1. The summed E-state index contributed by atoms with van der Waals surface area (Å²) in [5, 5.41) is 0. The molecule has 22 heavy (non-hydrogen) atoms. The molecule has 0 saturated heterocycles. The summed E-state index contributed by atoms with van der Waals surface area (Å²) in [5.41, 5.74) is 0.754. The SMILES string of the molecule is O=C(OCc1cccnc1)c1ccc(S(=O)(=O)C(F)F)cc1. The Morgan fingerprint density at radius 1 is 1.18 bits per heavy atom. The average molecular weight is 327 g/mol. The van der Waals surface area contributed by atoms with Gasteiger partial charge in [-0.05, 0) is 30.3 Å². The van der Waals surface area contributed by atoms with Crippen molar-refractivity contribution in [1.29, 1.82) is 0 Å². The van der Waals surface area contributed by atoms with E-state index in [1.807, 2.05) is 0 Å². The molecule has 116 valence electrons. The van der Waals surface area contributed by atoms with Crippen molar-refractivity contribution in [2.75, 3.05) is 0 Å². The minimum absolute atomic E-state index is 0.00373. The van der Waals surface area contributed by atoms with Crippen LogP contribution in [0.2, 0.25) is 0 Å². The number of benzene rings is 1. The van der Waals surface area contributed by atoms with Crippen molar-refractivity contribution in [1.82, 2.24) is 4.98 Å². The van der Waals surface area contributed by atoms with Crippen LogP contribution in [0.3, 0.4) is 0 Å². The van der Waals surface area contributed by atoms with Gasteiger partial charge in [0, 0.05) is 18.0 Å². The quantitative estimate of drug-likeness (QED) is 0.789. The molecule has 0 fully saturated rings. The van der Waals surface area contributed by atoms with Gasteiger partial charge in [0.2, 0.25) is 9.84 Å². The molecule has 2 aromatic rings. The zero-order valence-electron chi connectivity index (χ0n) is 11.1. The second-order valence-electron chi connectivity index (χ2n) is 4.27. The number of alkyl halides is 2. The van der Waals surface area contributed by atoms with Crippen molar-refractivity contribution in [3.63, 3.8) is 0 Å². The fraction of sp³-hybridized carbons (Fsp3) is 0.143. The maximum absolute atomic E-state index is 12.4. The molecule has 5 nitrogen and oxygen atoms in total. The van der Waals surface area contributed by atoms with Gasteiger partial charge < -0.3 is 4.74 Å². The summed E-state index contributed by atoms with van der Waals surface area (Å²) in [6.45, 7) is 0.00373. The number of aromatic nitrogens is 1. The second-order valence-corrected chi connectivity index (χ2v) is 6.19. The number of hydrogen-bond donors (Lipinski definition) is 0. The summed E-state index contributed by atoms with van der Waals surface area (Å²) in [5.74, 6) is -4.19. The molecule has 0 aliphatic heterocycles. The second kappa shape index (κ2) is 6.61. The number of ether oxygens (including phenoxy) is 1. The van der Waals surface area contributed by atoms with Crippen molar-refractivity contribution in [2.45, 2.75) is 17.3 Å². The maximum atomic E-state index is 12.4. The van der Waals surface area contributed by atoms with E-state index in [9.17, 15) is 22.0 Å². The lowest BCUT2D eigenvalue weighted by molar-refractivity contribution is 0.0472. The van der Waals surface area contributed by atoms with Crippen LogP contribution in [0.4, 0.5) is 8.78 Å². The fourth-order valence-electron chi connectivity index (χ4n) is 1.60. The number of esters is 1. The van der Waals surface area contributed by atoms with Crippen LogP contribution in [-0.4, -0.2) is 25.1 Å². The highest BCUT2D eigenvalue weighted by Crippen LogP contribution is 2.19. The average Bonchev–Trinajstić information content (AvgIpc) is 2.53. The standard InChI is InChI=1S/C14H11F2NO4S/c15-14(16)22(19,20)12-5-3-11(4-6-12)13(18)21-9-10-2-1-7-17-8-10/h1-8,14H,9H2. The molecule has 0 amide bonds. The molecule has 0 radical (unpaired) electrons. The Balaban J connectivity index is 2.06. The van der Waals surface area contributed by atoms with E-state index < -0.39 is 26.5 Å². The molecule has 1 heterocycles. The number of sulfone groups is 1. The molecule has 0 atom stereocenters. The smallest absolute Gasteiger partial charge is 0.341 e. The minimum atomic E-state index is -4.67. The number of pyridine rings is 1. The number of hydrogen-bond acceptors (Lipinski definition) is 5. The van der Waals surface area contributed by atoms with Gasteiger partial charge >= 0.3 is 11.7 Å². The monoisotopic (exact) mass is 327 g/mol. The van der Waals surface area contributed by atoms with Crippen LogP contribution in [0.1, 0.15) is 15.9 Å². The van der Waals surface area contributed by atoms with E-state index in [0.717, 1.165) is 24.3 Å². The third-order valence-corrected chi connectivity index (χ3v) is 4.14. The number of rotatable bonds is 5. The summed E-state index contributed by atoms with van der Waals surface area (Å²) in [6, 6.07) is 7.55. The molecule has 1 aromatic heterocycles. The summed E-state index contributed by atoms with van der Waals surface area (Å²) in [6.07, 6.45) is 3.11. The van der Waals surface area contributed by atoms with Crippen LogP contribution in [0.5, 0.6) is 0 Å². The van der Waals surface area contributed by atoms with Crippen molar-refractivity contribution in [2.24, 2.45) is 0 Å². The molecule has 0 unspecified atom stereocenters. The van der Waals surface area contributed by atoms with Crippen molar-refractivity contribution in [3.05, 3.63) is 59.9 Å². The highest BCUT2D eigenvalue weighted by molar-refractivity contribution is 7.91. The Bertz CT molecular complexity index is 746. The molecule has 0 aliphatic carbocycles. The highest BCUT2D eigenvalue weighted by atomic mass is 32.2. The molecule has 2 rings (SSSR count). The van der Waals surface area contributed by atoms with Gasteiger partial charge in [0.1, 0.15) is 6.61 Å². The molecule has 0 bridgehead atoms. The Kier molecular flexibility index (Phi) is 4.81. The lowest BCUT2D eigenvalue weighted by Crippen LogP contribution is -2.12. The first kappa shape index (κ1) is 16.0. The summed E-state index contributed by atoms with van der Waals surface area (Å²) >= 11 is 0. The first-order valence-corrected chi connectivity index (χ1v) is 7.64. The normalized spacial score (nSPS) is 11.4. The molecule has 0 spiro atoms. The molecule has 0 N–H and O–H groups in total. The van der Waals surface area contributed by atoms with Gasteiger partial charge in [0.25, 0.3) is 0 Å². The van der Waals surface area contributed by atoms with Crippen molar-refractivity contribution in [3.8, 4) is 0 Å². The Labute approximate surface area is 125 Å². The molecular formula is C14H11F2NO4S. The Morgan fingerprint density at radius 3 is 2.41 bits per heavy atom. The topological polar surface area (TPSA) is 73.3 Å². The Hall–Kier alpha value is -2.35. The van der Waals surface area contributed by atoms with E-state index in [1.165, 1.54) is 6.20 Å². The van der Waals surface area contributed by atoms with E-state index in [2.05, 4.69) is 4.98 Å². The summed E-state index contributed by atoms with van der Waals surface area (Å²) < 4.78 is 52.3. The third kappa shape index (κ3) is 3.64. The largest absolute Gasteiger partial charge is 0.457 e. The van der Waals surface area contributed by atoms with Crippen molar-refractivity contribution < 1.29 is 26.7 Å². The highest BCUT2D eigenvalue weighted by Gasteiger charge is 2.26. The summed E-state index contributed by atoms with van der Waals surface area (Å²) in [4.78, 5) is 15.1. The van der Waals surface area contributed by atoms with E-state index >= 15 is 0 Å². The van der Waals surface area contributed by atoms with Crippen LogP contribution in [0.25, 0.3) is 0 Å². The van der Waals surface area contributed by atoms with E-state index in [-0.39, 0.29) is 12.2 Å². The third-order valence-electron chi connectivity index (χ3n) is 2.75. The molecule has 0 saturated carbocycles. The van der Waals surface area contributed by atoms with Crippen LogP contribution in [0.15, 0.2) is 53.7 Å². The Morgan fingerprint density at radius 2 is 1.86 bits per heavy atom. The van der Waals surface area contributed by atoms with Gasteiger partial charge in [-0.25, -0.2) is 13.2 Å². The molecule has 8 heteroatoms. The minimum Gasteiger partial charge on any atom is -0.457 e. The van der Waals surface area contributed by atoms with Crippen molar-refractivity contribution >= 4 is 15.8 Å². The number of nitrogens with zero attached hydrogens (tertiary/aromatic N) is 1. The molecule has 0 aliphatic rings. The van der Waals surface area contributed by atoms with Gasteiger partial charge in [0.05, 0.1) is 10.5 Å². The zero-order valence-corrected chi connectivity index (χ0v) is 12.0. The maximum Gasteiger partial charge on any atom is 0.341 e. The fourth-order valence-corrected chi connectivity index (χ4v) is 2.32.